The Morgan fingerprint density at radius 2 is 1.79 bits per heavy atom. The lowest BCUT2D eigenvalue weighted by molar-refractivity contribution is 0.198. The number of hydrogen-bond donors (Lipinski definition) is 0. The number of fused-ring (bicyclic) bond motifs is 1. The van der Waals surface area contributed by atoms with Crippen LogP contribution in [0.1, 0.15) is 23.6 Å². The molecule has 0 bridgehead atoms. The molecule has 1 saturated heterocycles. The molecule has 2 heterocycles. The zero-order valence-corrected chi connectivity index (χ0v) is 17.6. The number of thioether (sulfide) groups is 1. The highest BCUT2D eigenvalue weighted by Gasteiger charge is 2.41. The van der Waals surface area contributed by atoms with Gasteiger partial charge in [0.25, 0.3) is 0 Å². The van der Waals surface area contributed by atoms with Gasteiger partial charge in [0.2, 0.25) is 0 Å². The van der Waals surface area contributed by atoms with Crippen molar-refractivity contribution >= 4 is 23.5 Å². The van der Waals surface area contributed by atoms with Crippen molar-refractivity contribution in [2.75, 3.05) is 38.7 Å². The second-order valence-electron chi connectivity index (χ2n) is 7.86. The van der Waals surface area contributed by atoms with E-state index in [1.54, 1.807) is 0 Å². The van der Waals surface area contributed by atoms with Crippen LogP contribution >= 0.6 is 11.8 Å². The van der Waals surface area contributed by atoms with Crippen LogP contribution in [0.3, 0.4) is 0 Å². The van der Waals surface area contributed by atoms with E-state index in [1.807, 2.05) is 11.8 Å². The minimum atomic E-state index is 0.352. The molecule has 1 fully saturated rings. The van der Waals surface area contributed by atoms with Crippen molar-refractivity contribution in [3.05, 3.63) is 77.4 Å². The lowest BCUT2D eigenvalue weighted by Crippen LogP contribution is -2.31. The Bertz CT molecular complexity index is 829. The number of hydrogen-bond acceptors (Lipinski definition) is 4. The summed E-state index contributed by atoms with van der Waals surface area (Å²) >= 11 is 2.04. The van der Waals surface area contributed by atoms with Crippen LogP contribution in [0.5, 0.6) is 0 Å². The summed E-state index contributed by atoms with van der Waals surface area (Å²) in [6, 6.07) is 21.9. The normalized spacial score (nSPS) is 23.2. The van der Waals surface area contributed by atoms with E-state index >= 15 is 0 Å². The molecule has 0 saturated carbocycles. The lowest BCUT2D eigenvalue weighted by Gasteiger charge is -2.30. The van der Waals surface area contributed by atoms with Gasteiger partial charge in [-0.3, -0.25) is 5.01 Å². The fourth-order valence-corrected chi connectivity index (χ4v) is 5.30. The average Bonchev–Trinajstić information content (AvgIpc) is 3.08. The number of benzene rings is 2. The van der Waals surface area contributed by atoms with E-state index in [9.17, 15) is 0 Å². The summed E-state index contributed by atoms with van der Waals surface area (Å²) in [6.07, 6.45) is 3.47. The first kappa shape index (κ1) is 19.3. The molecule has 2 aliphatic rings. The van der Waals surface area contributed by atoms with Crippen LogP contribution in [-0.4, -0.2) is 54.3 Å². The molecule has 28 heavy (non-hydrogen) atoms. The second-order valence-corrected chi connectivity index (χ2v) is 8.89. The molecule has 2 aromatic rings. The van der Waals surface area contributed by atoms with Crippen LogP contribution in [0.15, 0.2) is 71.3 Å². The van der Waals surface area contributed by atoms with Crippen LogP contribution in [0, 0.1) is 5.92 Å². The summed E-state index contributed by atoms with van der Waals surface area (Å²) in [6.45, 7) is 2.09. The first-order valence-corrected chi connectivity index (χ1v) is 11.3. The maximum Gasteiger partial charge on any atom is 0.0812 e. The van der Waals surface area contributed by atoms with Gasteiger partial charge < -0.3 is 4.90 Å². The zero-order chi connectivity index (χ0) is 19.3. The van der Waals surface area contributed by atoms with Crippen molar-refractivity contribution in [2.24, 2.45) is 11.0 Å². The molecule has 0 aliphatic carbocycles. The third-order valence-corrected chi connectivity index (χ3v) is 6.56. The van der Waals surface area contributed by atoms with Gasteiger partial charge in [-0.15, -0.1) is 0 Å². The van der Waals surface area contributed by atoms with Crippen molar-refractivity contribution in [1.82, 2.24) is 9.91 Å². The van der Waals surface area contributed by atoms with Crippen LogP contribution in [0.25, 0.3) is 6.08 Å². The van der Waals surface area contributed by atoms with E-state index < -0.39 is 0 Å². The predicted octanol–water partition coefficient (Wildman–Crippen LogP) is 4.80. The van der Waals surface area contributed by atoms with Gasteiger partial charge in [0.05, 0.1) is 11.8 Å². The molecule has 2 aromatic carbocycles. The summed E-state index contributed by atoms with van der Waals surface area (Å²) in [5.74, 6) is 2.67. The van der Waals surface area contributed by atoms with Gasteiger partial charge in [0.1, 0.15) is 0 Å². The second kappa shape index (κ2) is 8.97. The van der Waals surface area contributed by atoms with E-state index in [0.29, 0.717) is 12.0 Å². The summed E-state index contributed by atoms with van der Waals surface area (Å²) in [5.41, 5.74) is 5.35. The van der Waals surface area contributed by atoms with Crippen LogP contribution in [0.4, 0.5) is 0 Å². The maximum atomic E-state index is 5.19. The fraction of sp³-hybridized carbons (Fsp3) is 0.375. The van der Waals surface area contributed by atoms with Crippen LogP contribution < -0.4 is 0 Å². The van der Waals surface area contributed by atoms with Crippen molar-refractivity contribution in [3.8, 4) is 0 Å². The molecule has 2 atom stereocenters. The molecule has 4 heteroatoms. The number of hydrazone groups is 1. The first-order chi connectivity index (χ1) is 13.7. The van der Waals surface area contributed by atoms with E-state index in [-0.39, 0.29) is 0 Å². The molecule has 0 spiro atoms. The van der Waals surface area contributed by atoms with Crippen molar-refractivity contribution in [1.29, 1.82) is 0 Å². The summed E-state index contributed by atoms with van der Waals surface area (Å²) in [7, 11) is 4.28. The van der Waals surface area contributed by atoms with Crippen molar-refractivity contribution < 1.29 is 0 Å². The Kier molecular flexibility index (Phi) is 6.18. The lowest BCUT2D eigenvalue weighted by atomic mass is 9.87. The topological polar surface area (TPSA) is 18.8 Å². The Labute approximate surface area is 173 Å². The van der Waals surface area contributed by atoms with E-state index in [2.05, 4.69) is 90.7 Å². The summed E-state index contributed by atoms with van der Waals surface area (Å²) in [5, 5.41) is 7.56. The predicted molar refractivity (Wildman–Crippen MR) is 122 cm³/mol. The summed E-state index contributed by atoms with van der Waals surface area (Å²) < 4.78 is 0. The Balaban J connectivity index is 1.64. The standard InChI is InChI=1S/C24H29N3S/c1-26(2)14-9-15-27-24(20-12-7-4-8-13-20)22-18-28-17-21(23(22)25-27)16-19-10-5-3-6-11-19/h3-8,10-13,16,22,24H,9,14-15,17-18H2,1-2H3/b21-16-. The molecule has 3 nitrogen and oxygen atoms in total. The largest absolute Gasteiger partial charge is 0.309 e. The van der Waals surface area contributed by atoms with Crippen molar-refractivity contribution in [3.63, 3.8) is 0 Å². The molecule has 0 amide bonds. The third-order valence-electron chi connectivity index (χ3n) is 5.45. The van der Waals surface area contributed by atoms with E-state index in [0.717, 1.165) is 31.0 Å². The van der Waals surface area contributed by atoms with E-state index in [4.69, 9.17) is 5.10 Å². The highest BCUT2D eigenvalue weighted by atomic mass is 32.2. The molecule has 0 N–H and O–H groups in total. The molecular weight excluding hydrogens is 362 g/mol. The minimum Gasteiger partial charge on any atom is -0.309 e. The van der Waals surface area contributed by atoms with Gasteiger partial charge in [0.15, 0.2) is 0 Å². The third kappa shape index (κ3) is 4.34. The van der Waals surface area contributed by atoms with Gasteiger partial charge in [-0.05, 0) is 49.8 Å². The molecule has 2 aliphatic heterocycles. The Morgan fingerprint density at radius 3 is 2.50 bits per heavy atom. The van der Waals surface area contributed by atoms with Gasteiger partial charge in [-0.1, -0.05) is 60.7 Å². The number of nitrogens with zero attached hydrogens (tertiary/aromatic N) is 3. The fourth-order valence-electron chi connectivity index (χ4n) is 4.13. The molecular formula is C24H29N3S. The Hall–Kier alpha value is -2.04. The minimum absolute atomic E-state index is 0.352. The first-order valence-electron chi connectivity index (χ1n) is 10.1. The van der Waals surface area contributed by atoms with E-state index in [1.165, 1.54) is 22.4 Å². The van der Waals surface area contributed by atoms with Gasteiger partial charge in [-0.25, -0.2) is 0 Å². The quantitative estimate of drug-likeness (QED) is 0.705. The molecule has 2 unspecified atom stereocenters. The smallest absolute Gasteiger partial charge is 0.0812 e. The van der Waals surface area contributed by atoms with Gasteiger partial charge >= 0.3 is 0 Å². The number of rotatable bonds is 6. The highest BCUT2D eigenvalue weighted by molar-refractivity contribution is 7.99. The SMILES string of the molecule is CN(C)CCCN1N=C2/C(=C\c3ccccc3)CSCC2C1c1ccccc1. The van der Waals surface area contributed by atoms with Crippen molar-refractivity contribution in [2.45, 2.75) is 12.5 Å². The van der Waals surface area contributed by atoms with Gasteiger partial charge in [-0.2, -0.15) is 16.9 Å². The maximum absolute atomic E-state index is 5.19. The molecule has 4 rings (SSSR count). The van der Waals surface area contributed by atoms with Crippen LogP contribution in [-0.2, 0) is 0 Å². The summed E-state index contributed by atoms with van der Waals surface area (Å²) in [4.78, 5) is 2.25. The zero-order valence-electron chi connectivity index (χ0n) is 16.8. The average molecular weight is 392 g/mol. The monoisotopic (exact) mass is 391 g/mol. The Morgan fingerprint density at radius 1 is 1.07 bits per heavy atom. The molecule has 0 aromatic heterocycles. The molecule has 0 radical (unpaired) electrons. The van der Waals surface area contributed by atoms with Crippen LogP contribution in [0.2, 0.25) is 0 Å². The highest BCUT2D eigenvalue weighted by Crippen LogP contribution is 2.43. The van der Waals surface area contributed by atoms with Gasteiger partial charge in [0, 0.05) is 24.0 Å². The molecule has 146 valence electrons.